The Kier molecular flexibility index (Phi) is 5.80. The van der Waals surface area contributed by atoms with Gasteiger partial charge in [0.25, 0.3) is 5.91 Å². The Bertz CT molecular complexity index is 1190. The number of nitrogens with one attached hydrogen (secondary N) is 1. The van der Waals surface area contributed by atoms with Crippen LogP contribution in [0.1, 0.15) is 28.4 Å². The second-order valence-electron chi connectivity index (χ2n) is 7.56. The molecule has 1 N–H and O–H groups in total. The first-order valence-corrected chi connectivity index (χ1v) is 11.5. The number of carbonyl (C=O) groups is 1. The number of fused-ring (bicyclic) bond motifs is 1. The Balaban J connectivity index is 1.53. The van der Waals surface area contributed by atoms with Gasteiger partial charge in [0, 0.05) is 23.8 Å². The van der Waals surface area contributed by atoms with Crippen LogP contribution in [0.4, 0.5) is 5.69 Å². The van der Waals surface area contributed by atoms with E-state index in [2.05, 4.69) is 4.72 Å². The first-order valence-electron chi connectivity index (χ1n) is 10.0. The van der Waals surface area contributed by atoms with Gasteiger partial charge in [0.05, 0.1) is 12.0 Å². The zero-order valence-corrected chi connectivity index (χ0v) is 18.2. The largest absolute Gasteiger partial charge is 0.497 e. The Hall–Kier alpha value is -3.16. The lowest BCUT2D eigenvalue weighted by molar-refractivity contribution is 0.0981. The Morgan fingerprint density at radius 1 is 1.06 bits per heavy atom. The van der Waals surface area contributed by atoms with Crippen molar-refractivity contribution in [3.05, 3.63) is 89.5 Å². The zero-order chi connectivity index (χ0) is 22.0. The molecule has 7 heteroatoms. The number of ether oxygens (including phenoxy) is 1. The highest BCUT2D eigenvalue weighted by molar-refractivity contribution is 7.89. The summed E-state index contributed by atoms with van der Waals surface area (Å²) in [5.74, 6) is 0.633. The van der Waals surface area contributed by atoms with Crippen LogP contribution in [0.2, 0.25) is 0 Å². The number of nitrogens with zero attached hydrogens (tertiary/aromatic N) is 1. The Labute approximate surface area is 182 Å². The van der Waals surface area contributed by atoms with E-state index in [0.29, 0.717) is 17.7 Å². The third-order valence-corrected chi connectivity index (χ3v) is 6.84. The molecule has 3 aromatic rings. The maximum absolute atomic E-state index is 13.0. The first-order chi connectivity index (χ1) is 14.9. The summed E-state index contributed by atoms with van der Waals surface area (Å²) in [5, 5.41) is 0. The molecule has 0 fully saturated rings. The number of carbonyl (C=O) groups excluding carboxylic acids is 1. The predicted octanol–water partition coefficient (Wildman–Crippen LogP) is 3.77. The second kappa shape index (κ2) is 8.53. The number of methoxy groups -OCH3 is 1. The number of benzene rings is 3. The van der Waals surface area contributed by atoms with Crippen LogP contribution in [0.3, 0.4) is 0 Å². The minimum atomic E-state index is -3.69. The molecule has 0 radical (unpaired) electrons. The third kappa shape index (κ3) is 4.33. The molecule has 160 valence electrons. The van der Waals surface area contributed by atoms with Gasteiger partial charge in [-0.25, -0.2) is 13.1 Å². The van der Waals surface area contributed by atoms with Crippen LogP contribution in [0.15, 0.2) is 77.7 Å². The number of rotatable bonds is 6. The van der Waals surface area contributed by atoms with Crippen LogP contribution >= 0.6 is 0 Å². The summed E-state index contributed by atoms with van der Waals surface area (Å²) in [4.78, 5) is 14.9. The van der Waals surface area contributed by atoms with Gasteiger partial charge in [-0.15, -0.1) is 0 Å². The van der Waals surface area contributed by atoms with Crippen molar-refractivity contribution in [1.82, 2.24) is 4.72 Å². The molecule has 4 rings (SSSR count). The zero-order valence-electron chi connectivity index (χ0n) is 17.4. The summed E-state index contributed by atoms with van der Waals surface area (Å²) in [6.07, 6.45) is 0.607. The number of anilines is 1. The van der Waals surface area contributed by atoms with Crippen molar-refractivity contribution < 1.29 is 17.9 Å². The molecule has 1 amide bonds. The van der Waals surface area contributed by atoms with Crippen molar-refractivity contribution in [2.24, 2.45) is 0 Å². The Morgan fingerprint density at radius 3 is 2.45 bits per heavy atom. The quantitative estimate of drug-likeness (QED) is 0.638. The molecule has 0 unspecified atom stereocenters. The van der Waals surface area contributed by atoms with Gasteiger partial charge in [0.15, 0.2) is 0 Å². The molecule has 0 bridgehead atoms. The molecule has 0 saturated heterocycles. The average molecular weight is 437 g/mol. The van der Waals surface area contributed by atoms with E-state index in [4.69, 9.17) is 4.74 Å². The predicted molar refractivity (Wildman–Crippen MR) is 120 cm³/mol. The summed E-state index contributed by atoms with van der Waals surface area (Å²) in [5.41, 5.74) is 3.05. The van der Waals surface area contributed by atoms with Crippen molar-refractivity contribution in [3.63, 3.8) is 0 Å². The summed E-state index contributed by atoms with van der Waals surface area (Å²) in [6, 6.07) is 21.2. The van der Waals surface area contributed by atoms with E-state index < -0.39 is 10.0 Å². The van der Waals surface area contributed by atoms with E-state index in [0.717, 1.165) is 16.8 Å². The molecule has 1 aliphatic rings. The molecule has 0 spiro atoms. The second-order valence-corrected chi connectivity index (χ2v) is 9.32. The lowest BCUT2D eigenvalue weighted by Crippen LogP contribution is -2.35. The molecule has 1 aliphatic heterocycles. The van der Waals surface area contributed by atoms with Gasteiger partial charge in [-0.1, -0.05) is 30.3 Å². The summed E-state index contributed by atoms with van der Waals surface area (Å²) >= 11 is 0. The molecule has 0 aromatic heterocycles. The highest BCUT2D eigenvalue weighted by atomic mass is 32.2. The molecule has 0 aliphatic carbocycles. The topological polar surface area (TPSA) is 75.7 Å². The van der Waals surface area contributed by atoms with E-state index >= 15 is 0 Å². The monoisotopic (exact) mass is 436 g/mol. The van der Waals surface area contributed by atoms with Crippen LogP contribution in [-0.2, 0) is 23.0 Å². The van der Waals surface area contributed by atoms with Crippen LogP contribution in [-0.4, -0.2) is 27.5 Å². The van der Waals surface area contributed by atoms with E-state index in [-0.39, 0.29) is 23.4 Å². The van der Waals surface area contributed by atoms with Gasteiger partial charge in [-0.2, -0.15) is 0 Å². The highest BCUT2D eigenvalue weighted by Gasteiger charge is 2.32. The number of sulfonamides is 1. The van der Waals surface area contributed by atoms with Gasteiger partial charge < -0.3 is 9.64 Å². The SMILES string of the molecule is COc1ccc(CNS(=O)(=O)c2ccc3c(c2)C[C@H](C)N3C(=O)c2ccccc2)cc1. The van der Waals surface area contributed by atoms with Gasteiger partial charge in [-0.3, -0.25) is 4.79 Å². The van der Waals surface area contributed by atoms with Gasteiger partial charge in [0.2, 0.25) is 10.0 Å². The standard InChI is InChI=1S/C24H24N2O4S/c1-17-14-20-15-22(31(28,29)25-16-18-8-10-21(30-2)11-9-18)12-13-23(20)26(17)24(27)19-6-4-3-5-7-19/h3-13,15,17,25H,14,16H2,1-2H3/t17-/m0/s1. The van der Waals surface area contributed by atoms with Crippen LogP contribution in [0, 0.1) is 0 Å². The first kappa shape index (κ1) is 21.1. The molecule has 0 saturated carbocycles. The maximum atomic E-state index is 13.0. The van der Waals surface area contributed by atoms with Gasteiger partial charge >= 0.3 is 0 Å². The molecular weight excluding hydrogens is 412 g/mol. The summed E-state index contributed by atoms with van der Waals surface area (Å²) in [7, 11) is -2.10. The van der Waals surface area contributed by atoms with E-state index in [9.17, 15) is 13.2 Å². The minimum Gasteiger partial charge on any atom is -0.497 e. The van der Waals surface area contributed by atoms with Gasteiger partial charge in [-0.05, 0) is 66.9 Å². The number of amides is 1. The highest BCUT2D eigenvalue weighted by Crippen LogP contribution is 2.35. The number of hydrogen-bond donors (Lipinski definition) is 1. The van der Waals surface area contributed by atoms with E-state index in [1.165, 1.54) is 0 Å². The smallest absolute Gasteiger partial charge is 0.258 e. The fraction of sp³-hybridized carbons (Fsp3) is 0.208. The maximum Gasteiger partial charge on any atom is 0.258 e. The van der Waals surface area contributed by atoms with Crippen molar-refractivity contribution in [1.29, 1.82) is 0 Å². The number of hydrogen-bond acceptors (Lipinski definition) is 4. The van der Waals surface area contributed by atoms with Crippen LogP contribution in [0.25, 0.3) is 0 Å². The molecule has 3 aromatic carbocycles. The van der Waals surface area contributed by atoms with Gasteiger partial charge in [0.1, 0.15) is 5.75 Å². The molecule has 6 nitrogen and oxygen atoms in total. The molecule has 1 atom stereocenters. The van der Waals surface area contributed by atoms with Crippen molar-refractivity contribution in [2.45, 2.75) is 30.8 Å². The lowest BCUT2D eigenvalue weighted by Gasteiger charge is -2.23. The normalized spacial score (nSPS) is 15.5. The fourth-order valence-corrected chi connectivity index (χ4v) is 4.88. The molecular formula is C24H24N2O4S. The summed E-state index contributed by atoms with van der Waals surface area (Å²) in [6.45, 7) is 2.15. The average Bonchev–Trinajstić information content (AvgIpc) is 3.13. The molecule has 1 heterocycles. The van der Waals surface area contributed by atoms with E-state index in [1.54, 1.807) is 54.5 Å². The Morgan fingerprint density at radius 2 is 1.77 bits per heavy atom. The van der Waals surface area contributed by atoms with Crippen molar-refractivity contribution in [3.8, 4) is 5.75 Å². The van der Waals surface area contributed by atoms with Crippen molar-refractivity contribution >= 4 is 21.6 Å². The van der Waals surface area contributed by atoms with Crippen molar-refractivity contribution in [2.75, 3.05) is 12.0 Å². The van der Waals surface area contributed by atoms with Crippen LogP contribution in [0.5, 0.6) is 5.75 Å². The van der Waals surface area contributed by atoms with E-state index in [1.807, 2.05) is 37.3 Å². The fourth-order valence-electron chi connectivity index (χ4n) is 3.81. The minimum absolute atomic E-state index is 0.0482. The third-order valence-electron chi connectivity index (χ3n) is 5.44. The van der Waals surface area contributed by atoms with Crippen LogP contribution < -0.4 is 14.4 Å². The summed E-state index contributed by atoms with van der Waals surface area (Å²) < 4.78 is 33.4. The molecule has 31 heavy (non-hydrogen) atoms. The lowest BCUT2D eigenvalue weighted by atomic mass is 10.1.